The second-order valence-electron chi connectivity index (χ2n) is 7.16. The van der Waals surface area contributed by atoms with Gasteiger partial charge in [0, 0.05) is 12.1 Å². The minimum atomic E-state index is -0.261. The van der Waals surface area contributed by atoms with Gasteiger partial charge in [0.15, 0.2) is 0 Å². The molecule has 31 heavy (non-hydrogen) atoms. The molecule has 0 saturated carbocycles. The third-order valence-electron chi connectivity index (χ3n) is 5.05. The minimum Gasteiger partial charge on any atom is -0.457 e. The van der Waals surface area contributed by atoms with Crippen molar-refractivity contribution < 1.29 is 9.53 Å². The fourth-order valence-corrected chi connectivity index (χ4v) is 3.54. The quantitative estimate of drug-likeness (QED) is 0.473. The van der Waals surface area contributed by atoms with Gasteiger partial charge in [-0.3, -0.25) is 4.79 Å². The Morgan fingerprint density at radius 3 is 2.61 bits per heavy atom. The molecule has 0 fully saturated rings. The predicted molar refractivity (Wildman–Crippen MR) is 119 cm³/mol. The van der Waals surface area contributed by atoms with E-state index in [9.17, 15) is 4.79 Å². The molecule has 0 bridgehead atoms. The zero-order chi connectivity index (χ0) is 21.8. The molecule has 6 nitrogen and oxygen atoms in total. The van der Waals surface area contributed by atoms with Crippen molar-refractivity contribution in [2.75, 3.05) is 0 Å². The Bertz CT molecular complexity index is 1270. The number of nitriles is 1. The van der Waals surface area contributed by atoms with Crippen LogP contribution in [-0.2, 0) is 6.54 Å². The molecule has 1 unspecified atom stereocenters. The number of hydrogen-bond donors (Lipinski definition) is 1. The summed E-state index contributed by atoms with van der Waals surface area (Å²) < 4.78 is 7.94. The number of amides is 1. The number of imidazole rings is 1. The molecule has 154 valence electrons. The first-order valence-electron chi connectivity index (χ1n) is 10.1. The van der Waals surface area contributed by atoms with Gasteiger partial charge in [0.1, 0.15) is 17.3 Å². The van der Waals surface area contributed by atoms with Crippen LogP contribution in [0.4, 0.5) is 0 Å². The summed E-state index contributed by atoms with van der Waals surface area (Å²) in [4.78, 5) is 17.6. The maximum Gasteiger partial charge on any atom is 0.251 e. The molecule has 0 aliphatic carbocycles. The zero-order valence-electron chi connectivity index (χ0n) is 17.4. The average molecular weight is 410 g/mol. The first-order chi connectivity index (χ1) is 15.1. The van der Waals surface area contributed by atoms with Crippen LogP contribution in [0.1, 0.15) is 41.6 Å². The Balaban J connectivity index is 1.51. The topological polar surface area (TPSA) is 79.9 Å². The summed E-state index contributed by atoms with van der Waals surface area (Å²) in [6.45, 7) is 4.77. The number of carbonyl (C=O) groups excluding carboxylic acids is 1. The molecule has 1 atom stereocenters. The number of aryl methyl sites for hydroxylation is 1. The van der Waals surface area contributed by atoms with E-state index in [1.807, 2.05) is 31.2 Å². The van der Waals surface area contributed by atoms with Gasteiger partial charge in [-0.25, -0.2) is 4.98 Å². The number of rotatable bonds is 6. The number of carbonyl (C=O) groups is 1. The van der Waals surface area contributed by atoms with Gasteiger partial charge in [-0.2, -0.15) is 5.26 Å². The zero-order valence-corrected chi connectivity index (χ0v) is 17.4. The van der Waals surface area contributed by atoms with Crippen molar-refractivity contribution in [3.05, 3.63) is 89.7 Å². The van der Waals surface area contributed by atoms with E-state index in [-0.39, 0.29) is 11.9 Å². The first-order valence-corrected chi connectivity index (χ1v) is 10.1. The van der Waals surface area contributed by atoms with Gasteiger partial charge in [0.05, 0.1) is 28.7 Å². The second-order valence-corrected chi connectivity index (χ2v) is 7.16. The second kappa shape index (κ2) is 8.72. The van der Waals surface area contributed by atoms with Crippen LogP contribution < -0.4 is 10.1 Å². The van der Waals surface area contributed by atoms with Crippen molar-refractivity contribution >= 4 is 16.9 Å². The van der Waals surface area contributed by atoms with E-state index in [0.29, 0.717) is 22.6 Å². The van der Waals surface area contributed by atoms with Crippen LogP contribution in [0.15, 0.2) is 72.8 Å². The molecular formula is C25H22N4O2. The molecule has 0 aliphatic rings. The van der Waals surface area contributed by atoms with E-state index in [1.165, 1.54) is 0 Å². The van der Waals surface area contributed by atoms with Crippen molar-refractivity contribution in [3.63, 3.8) is 0 Å². The molecule has 4 rings (SSSR count). The highest BCUT2D eigenvalue weighted by Crippen LogP contribution is 2.24. The van der Waals surface area contributed by atoms with Crippen molar-refractivity contribution in [1.29, 1.82) is 5.26 Å². The van der Waals surface area contributed by atoms with Crippen LogP contribution in [0.5, 0.6) is 11.5 Å². The monoisotopic (exact) mass is 410 g/mol. The van der Waals surface area contributed by atoms with Gasteiger partial charge in [-0.15, -0.1) is 0 Å². The summed E-state index contributed by atoms with van der Waals surface area (Å²) in [5.41, 5.74) is 3.03. The number of ether oxygens (including phenoxy) is 1. The molecule has 0 aliphatic heterocycles. The fourth-order valence-electron chi connectivity index (χ4n) is 3.54. The molecule has 0 saturated heterocycles. The van der Waals surface area contributed by atoms with E-state index in [4.69, 9.17) is 15.0 Å². The Kier molecular flexibility index (Phi) is 5.67. The predicted octanol–water partition coefficient (Wildman–Crippen LogP) is 5.21. The molecule has 0 spiro atoms. The van der Waals surface area contributed by atoms with Crippen molar-refractivity contribution in [2.24, 2.45) is 0 Å². The SMILES string of the molecule is CCn1c(C(C)NC(=O)c2cccc(Oc3ccc(C#N)cc3)c2)nc2ccccc21. The van der Waals surface area contributed by atoms with E-state index in [0.717, 1.165) is 23.4 Å². The Labute approximate surface area is 180 Å². The summed E-state index contributed by atoms with van der Waals surface area (Å²) in [7, 11) is 0. The molecule has 1 N–H and O–H groups in total. The van der Waals surface area contributed by atoms with Crippen LogP contribution in [0.2, 0.25) is 0 Å². The maximum atomic E-state index is 12.9. The highest BCUT2D eigenvalue weighted by Gasteiger charge is 2.18. The molecule has 1 aromatic heterocycles. The van der Waals surface area contributed by atoms with E-state index in [1.54, 1.807) is 48.5 Å². The van der Waals surface area contributed by atoms with Gasteiger partial charge in [-0.05, 0) is 68.4 Å². The Morgan fingerprint density at radius 1 is 1.10 bits per heavy atom. The standard InChI is InChI=1S/C25H22N4O2/c1-3-29-23-10-5-4-9-22(23)28-24(29)17(2)27-25(30)19-7-6-8-21(15-19)31-20-13-11-18(16-26)12-14-20/h4-15,17H,3H2,1-2H3,(H,27,30). The average Bonchev–Trinajstić information content (AvgIpc) is 3.18. The molecule has 1 heterocycles. The first kappa shape index (κ1) is 20.2. The number of aromatic nitrogens is 2. The van der Waals surface area contributed by atoms with Crippen LogP contribution in [-0.4, -0.2) is 15.5 Å². The van der Waals surface area contributed by atoms with Gasteiger partial charge >= 0.3 is 0 Å². The van der Waals surface area contributed by atoms with Crippen LogP contribution >= 0.6 is 0 Å². The maximum absolute atomic E-state index is 12.9. The fraction of sp³-hybridized carbons (Fsp3) is 0.160. The van der Waals surface area contributed by atoms with E-state index in [2.05, 4.69) is 22.9 Å². The van der Waals surface area contributed by atoms with Gasteiger partial charge < -0.3 is 14.6 Å². The third-order valence-corrected chi connectivity index (χ3v) is 5.05. The lowest BCUT2D eigenvalue weighted by Crippen LogP contribution is -2.28. The van der Waals surface area contributed by atoms with Crippen LogP contribution in [0.25, 0.3) is 11.0 Å². The Morgan fingerprint density at radius 2 is 1.87 bits per heavy atom. The lowest BCUT2D eigenvalue weighted by molar-refractivity contribution is 0.0937. The van der Waals surface area contributed by atoms with Crippen molar-refractivity contribution in [2.45, 2.75) is 26.4 Å². The molecule has 3 aromatic carbocycles. The summed E-state index contributed by atoms with van der Waals surface area (Å²) in [6.07, 6.45) is 0. The van der Waals surface area contributed by atoms with Gasteiger partial charge in [0.25, 0.3) is 5.91 Å². The summed E-state index contributed by atoms with van der Waals surface area (Å²) in [6, 6.07) is 23.6. The van der Waals surface area contributed by atoms with Crippen molar-refractivity contribution in [3.8, 4) is 17.6 Å². The number of fused-ring (bicyclic) bond motifs is 1. The smallest absolute Gasteiger partial charge is 0.251 e. The third kappa shape index (κ3) is 4.26. The molecule has 6 heteroatoms. The number of nitrogens with one attached hydrogen (secondary N) is 1. The number of nitrogens with zero attached hydrogens (tertiary/aromatic N) is 3. The lowest BCUT2D eigenvalue weighted by atomic mass is 10.2. The number of para-hydroxylation sites is 2. The van der Waals surface area contributed by atoms with E-state index < -0.39 is 0 Å². The highest BCUT2D eigenvalue weighted by molar-refractivity contribution is 5.94. The Hall–Kier alpha value is -4.11. The summed E-state index contributed by atoms with van der Waals surface area (Å²) in [5.74, 6) is 1.77. The normalized spacial score (nSPS) is 11.6. The largest absolute Gasteiger partial charge is 0.457 e. The summed E-state index contributed by atoms with van der Waals surface area (Å²) >= 11 is 0. The molecular weight excluding hydrogens is 388 g/mol. The van der Waals surface area contributed by atoms with E-state index >= 15 is 0 Å². The number of hydrogen-bond acceptors (Lipinski definition) is 4. The highest BCUT2D eigenvalue weighted by atomic mass is 16.5. The lowest BCUT2D eigenvalue weighted by Gasteiger charge is -2.16. The summed E-state index contributed by atoms with van der Waals surface area (Å²) in [5, 5.41) is 11.9. The van der Waals surface area contributed by atoms with Gasteiger partial charge in [-0.1, -0.05) is 18.2 Å². The number of benzene rings is 3. The van der Waals surface area contributed by atoms with Crippen LogP contribution in [0.3, 0.4) is 0 Å². The minimum absolute atomic E-state index is 0.201. The molecule has 0 radical (unpaired) electrons. The van der Waals surface area contributed by atoms with Crippen molar-refractivity contribution in [1.82, 2.24) is 14.9 Å². The van der Waals surface area contributed by atoms with Crippen LogP contribution in [0, 0.1) is 11.3 Å². The molecule has 1 amide bonds. The molecule has 4 aromatic rings. The van der Waals surface area contributed by atoms with Gasteiger partial charge in [0.2, 0.25) is 0 Å².